The molecule has 0 saturated carbocycles. The monoisotopic (exact) mass is 449 g/mol. The van der Waals surface area contributed by atoms with Crippen LogP contribution in [0.3, 0.4) is 0 Å². The van der Waals surface area contributed by atoms with Crippen molar-refractivity contribution in [3.8, 4) is 34.5 Å². The van der Waals surface area contributed by atoms with Crippen LogP contribution in [0.15, 0.2) is 47.6 Å². The minimum Gasteiger partial charge on any atom is -0.508 e. The quantitative estimate of drug-likeness (QED) is 0.321. The Bertz CT molecular complexity index is 1350. The Kier molecular flexibility index (Phi) is 5.17. The van der Waals surface area contributed by atoms with Crippen LogP contribution in [-0.2, 0) is 0 Å². The number of hydrogen-bond acceptors (Lipinski definition) is 9. The summed E-state index contributed by atoms with van der Waals surface area (Å²) < 4.78 is 0. The molecule has 9 nitrogen and oxygen atoms in total. The number of nitrogens with one attached hydrogen (secondary N) is 1. The largest absolute Gasteiger partial charge is 0.508 e. The third-order valence-electron chi connectivity index (χ3n) is 5.70. The van der Waals surface area contributed by atoms with Gasteiger partial charge in [0.25, 0.3) is 0 Å². The molecule has 7 N–H and O–H groups in total. The fourth-order valence-electron chi connectivity index (χ4n) is 3.48. The minimum absolute atomic E-state index is 0.0722. The molecule has 0 fully saturated rings. The van der Waals surface area contributed by atoms with Crippen molar-refractivity contribution in [1.29, 1.82) is 0 Å². The highest BCUT2D eigenvalue weighted by Crippen LogP contribution is 2.39. The Labute approximate surface area is 189 Å². The van der Waals surface area contributed by atoms with Crippen LogP contribution in [0, 0.1) is 20.8 Å². The van der Waals surface area contributed by atoms with Crippen molar-refractivity contribution in [2.75, 3.05) is 5.12 Å². The number of benzene rings is 3. The highest BCUT2D eigenvalue weighted by molar-refractivity contribution is 6.15. The lowest BCUT2D eigenvalue weighted by atomic mass is 10.00. The van der Waals surface area contributed by atoms with Gasteiger partial charge in [-0.2, -0.15) is 10.2 Å². The van der Waals surface area contributed by atoms with Crippen LogP contribution >= 0.6 is 0 Å². The maximum atomic E-state index is 10.7. The zero-order valence-electron chi connectivity index (χ0n) is 18.1. The van der Waals surface area contributed by atoms with Crippen molar-refractivity contribution in [2.24, 2.45) is 5.10 Å². The maximum Gasteiger partial charge on any atom is 0.149 e. The topological polar surface area (TPSA) is 149 Å². The van der Waals surface area contributed by atoms with Gasteiger partial charge in [0.15, 0.2) is 0 Å². The van der Waals surface area contributed by atoms with E-state index in [-0.39, 0.29) is 62.6 Å². The molecule has 0 radical (unpaired) electrons. The molecular weight excluding hydrogens is 426 g/mol. The lowest BCUT2D eigenvalue weighted by Gasteiger charge is -2.29. The van der Waals surface area contributed by atoms with E-state index >= 15 is 0 Å². The fourth-order valence-corrected chi connectivity index (χ4v) is 3.48. The van der Waals surface area contributed by atoms with Crippen LogP contribution in [0.2, 0.25) is 0 Å². The zero-order valence-corrected chi connectivity index (χ0v) is 18.1. The van der Waals surface area contributed by atoms with E-state index in [1.165, 1.54) is 41.5 Å². The lowest BCUT2D eigenvalue weighted by molar-refractivity contribution is 0.441. The van der Waals surface area contributed by atoms with Crippen LogP contribution in [0.1, 0.15) is 27.8 Å². The summed E-state index contributed by atoms with van der Waals surface area (Å²) in [5.74, 6) is -0.797. The van der Waals surface area contributed by atoms with Gasteiger partial charge in [-0.25, -0.2) is 0 Å². The van der Waals surface area contributed by atoms with Gasteiger partial charge in [0, 0.05) is 27.8 Å². The second-order valence-corrected chi connectivity index (χ2v) is 7.76. The average Bonchev–Trinajstić information content (AvgIpc) is 2.79. The molecule has 0 bridgehead atoms. The molecule has 0 atom stereocenters. The Balaban J connectivity index is 1.93. The summed E-state index contributed by atoms with van der Waals surface area (Å²) in [4.78, 5) is 0. The number of hydrogen-bond donors (Lipinski definition) is 7. The lowest BCUT2D eigenvalue weighted by Crippen LogP contribution is -2.36. The normalized spacial score (nSPS) is 13.4. The van der Waals surface area contributed by atoms with Gasteiger partial charge in [-0.1, -0.05) is 0 Å². The van der Waals surface area contributed by atoms with Crippen molar-refractivity contribution >= 4 is 17.1 Å². The number of anilines is 1. The number of rotatable bonds is 3. The SMILES string of the molecule is Cc1c(O)ccc(C2=CC(c3ccc(O)c(C)c3O)=NN(c3ccc(O)c(C)c3O)N2)c1O. The van der Waals surface area contributed by atoms with Crippen LogP contribution in [0.25, 0.3) is 5.70 Å². The molecule has 3 aromatic carbocycles. The van der Waals surface area contributed by atoms with E-state index in [0.717, 1.165) is 0 Å². The summed E-state index contributed by atoms with van der Waals surface area (Å²) in [7, 11) is 0. The predicted octanol–water partition coefficient (Wildman–Crippen LogP) is 3.62. The highest BCUT2D eigenvalue weighted by atomic mass is 16.3. The second kappa shape index (κ2) is 7.86. The second-order valence-electron chi connectivity index (χ2n) is 7.76. The van der Waals surface area contributed by atoms with Gasteiger partial charge in [-0.3, -0.25) is 5.43 Å². The number of allylic oxidation sites excluding steroid dienone is 1. The molecule has 33 heavy (non-hydrogen) atoms. The Morgan fingerprint density at radius 2 is 1.12 bits per heavy atom. The highest BCUT2D eigenvalue weighted by Gasteiger charge is 2.25. The molecule has 1 aliphatic rings. The number of phenols is 6. The standard InChI is InChI=1S/C24H23N3O6/c1-11-19(28)7-4-14(22(11)31)16-10-17(15-5-8-20(29)12(2)23(15)32)26-27(25-16)18-6-9-21(30)13(3)24(18)33/h4-10,25,28-33H,1-3H3. The first-order valence-corrected chi connectivity index (χ1v) is 10.0. The van der Waals surface area contributed by atoms with Gasteiger partial charge in [-0.05, 0) is 63.2 Å². The van der Waals surface area contributed by atoms with Crippen molar-refractivity contribution in [2.45, 2.75) is 20.8 Å². The summed E-state index contributed by atoms with van der Waals surface area (Å²) in [6.45, 7) is 4.67. The molecular formula is C24H23N3O6. The van der Waals surface area contributed by atoms with Gasteiger partial charge < -0.3 is 30.6 Å². The average molecular weight is 449 g/mol. The number of nitrogens with zero attached hydrogens (tertiary/aromatic N) is 2. The molecule has 0 amide bonds. The van der Waals surface area contributed by atoms with Crippen molar-refractivity contribution in [1.82, 2.24) is 5.43 Å². The van der Waals surface area contributed by atoms with Gasteiger partial charge in [-0.15, -0.1) is 0 Å². The predicted molar refractivity (Wildman–Crippen MR) is 124 cm³/mol. The summed E-state index contributed by atoms with van der Waals surface area (Å²) in [6, 6.07) is 8.74. The van der Waals surface area contributed by atoms with Crippen LogP contribution in [0.5, 0.6) is 34.5 Å². The van der Waals surface area contributed by atoms with E-state index in [0.29, 0.717) is 16.8 Å². The molecule has 0 unspecified atom stereocenters. The van der Waals surface area contributed by atoms with Crippen molar-refractivity contribution < 1.29 is 30.6 Å². The van der Waals surface area contributed by atoms with Crippen molar-refractivity contribution in [3.63, 3.8) is 0 Å². The molecule has 1 heterocycles. The van der Waals surface area contributed by atoms with E-state index in [1.807, 2.05) is 0 Å². The van der Waals surface area contributed by atoms with Gasteiger partial charge in [0.1, 0.15) is 40.2 Å². The third kappa shape index (κ3) is 3.59. The molecule has 0 aromatic heterocycles. The molecule has 1 aliphatic heterocycles. The Morgan fingerprint density at radius 3 is 1.73 bits per heavy atom. The minimum atomic E-state index is -0.218. The third-order valence-corrected chi connectivity index (χ3v) is 5.70. The van der Waals surface area contributed by atoms with E-state index < -0.39 is 0 Å². The molecule has 0 saturated heterocycles. The van der Waals surface area contributed by atoms with E-state index in [1.54, 1.807) is 26.8 Å². The molecule has 0 spiro atoms. The number of hydrazone groups is 1. The van der Waals surface area contributed by atoms with E-state index in [2.05, 4.69) is 10.5 Å². The van der Waals surface area contributed by atoms with Crippen molar-refractivity contribution in [3.05, 3.63) is 70.3 Å². The van der Waals surface area contributed by atoms with Gasteiger partial charge in [0.2, 0.25) is 0 Å². The summed E-state index contributed by atoms with van der Waals surface area (Å²) >= 11 is 0. The molecule has 0 aliphatic carbocycles. The van der Waals surface area contributed by atoms with Crippen LogP contribution < -0.4 is 10.5 Å². The first-order valence-electron chi connectivity index (χ1n) is 10.0. The van der Waals surface area contributed by atoms with E-state index in [4.69, 9.17) is 0 Å². The number of hydrazine groups is 1. The molecule has 9 heteroatoms. The zero-order chi connectivity index (χ0) is 24.0. The molecule has 4 rings (SSSR count). The summed E-state index contributed by atoms with van der Waals surface area (Å²) in [5, 5.41) is 67.4. The first kappa shape index (κ1) is 21.7. The van der Waals surface area contributed by atoms with Crippen LogP contribution in [0.4, 0.5) is 5.69 Å². The summed E-state index contributed by atoms with van der Waals surface area (Å²) in [5.41, 5.74) is 5.26. The van der Waals surface area contributed by atoms with Crippen LogP contribution in [-0.4, -0.2) is 36.4 Å². The Hall–Kier alpha value is -4.53. The smallest absolute Gasteiger partial charge is 0.149 e. The fraction of sp³-hybridized carbons (Fsp3) is 0.125. The van der Waals surface area contributed by atoms with E-state index in [9.17, 15) is 30.6 Å². The molecule has 3 aromatic rings. The Morgan fingerprint density at radius 1 is 0.636 bits per heavy atom. The number of aromatic hydroxyl groups is 6. The maximum absolute atomic E-state index is 10.7. The molecule has 170 valence electrons. The summed E-state index contributed by atoms with van der Waals surface area (Å²) in [6.07, 6.45) is 1.58. The van der Waals surface area contributed by atoms with Gasteiger partial charge >= 0.3 is 0 Å². The number of phenolic OH excluding ortho intramolecular Hbond substituents is 6. The first-order chi connectivity index (χ1) is 15.6. The van der Waals surface area contributed by atoms with Gasteiger partial charge in [0.05, 0.1) is 11.4 Å².